The lowest BCUT2D eigenvalue weighted by Gasteiger charge is -2.08. The summed E-state index contributed by atoms with van der Waals surface area (Å²) >= 11 is 1.67. The van der Waals surface area contributed by atoms with Crippen LogP contribution in [0, 0.1) is 0 Å². The van der Waals surface area contributed by atoms with Gasteiger partial charge < -0.3 is 4.74 Å². The molecule has 84 valence electrons. The van der Waals surface area contributed by atoms with Crippen LogP contribution in [0.25, 0.3) is 11.3 Å². The summed E-state index contributed by atoms with van der Waals surface area (Å²) in [6.07, 6.45) is 1.08. The second-order valence-electron chi connectivity index (χ2n) is 3.57. The number of nitrogens with zero attached hydrogens (tertiary/aromatic N) is 1. The topological polar surface area (TPSA) is 22.1 Å². The highest BCUT2D eigenvalue weighted by Crippen LogP contribution is 2.28. The number of aromatic nitrogens is 1. The number of rotatable bonds is 4. The normalized spacial score (nSPS) is 12.6. The molecule has 0 saturated heterocycles. The molecule has 2 aromatic rings. The van der Waals surface area contributed by atoms with E-state index in [0.717, 1.165) is 22.7 Å². The van der Waals surface area contributed by atoms with Crippen molar-refractivity contribution >= 4 is 11.3 Å². The van der Waals surface area contributed by atoms with Gasteiger partial charge in [0.2, 0.25) is 0 Å². The molecule has 0 aliphatic rings. The summed E-state index contributed by atoms with van der Waals surface area (Å²) in [5.41, 5.74) is 2.20. The Morgan fingerprint density at radius 3 is 2.69 bits per heavy atom. The van der Waals surface area contributed by atoms with Gasteiger partial charge in [-0.05, 0) is 6.42 Å². The van der Waals surface area contributed by atoms with Crippen molar-refractivity contribution in [1.29, 1.82) is 0 Å². The first-order chi connectivity index (χ1) is 7.85. The Morgan fingerprint density at radius 2 is 2.06 bits per heavy atom. The Morgan fingerprint density at radius 1 is 1.31 bits per heavy atom. The molecule has 0 saturated carbocycles. The second-order valence-corrected chi connectivity index (χ2v) is 4.46. The Hall–Kier alpha value is -1.19. The summed E-state index contributed by atoms with van der Waals surface area (Å²) in [6.45, 7) is 2.11. The van der Waals surface area contributed by atoms with Gasteiger partial charge >= 0.3 is 0 Å². The Labute approximate surface area is 99.9 Å². The van der Waals surface area contributed by atoms with Crippen LogP contribution in [-0.2, 0) is 4.74 Å². The van der Waals surface area contributed by atoms with Crippen molar-refractivity contribution in [2.75, 3.05) is 7.11 Å². The molecule has 16 heavy (non-hydrogen) atoms. The first-order valence-electron chi connectivity index (χ1n) is 5.38. The SMILES string of the molecule is CCC(OC)c1nc(-c2ccccc2)cs1. The van der Waals surface area contributed by atoms with E-state index < -0.39 is 0 Å². The molecule has 1 aromatic heterocycles. The number of hydrogen-bond acceptors (Lipinski definition) is 3. The zero-order valence-corrected chi connectivity index (χ0v) is 10.3. The van der Waals surface area contributed by atoms with E-state index in [1.54, 1.807) is 18.4 Å². The van der Waals surface area contributed by atoms with E-state index in [9.17, 15) is 0 Å². The minimum Gasteiger partial charge on any atom is -0.374 e. The maximum absolute atomic E-state index is 5.38. The third kappa shape index (κ3) is 2.31. The third-order valence-corrected chi connectivity index (χ3v) is 3.46. The maximum Gasteiger partial charge on any atom is 0.122 e. The molecule has 0 N–H and O–H groups in total. The minimum absolute atomic E-state index is 0.127. The van der Waals surface area contributed by atoms with Crippen LogP contribution in [0.15, 0.2) is 35.7 Å². The molecule has 3 heteroatoms. The fraction of sp³-hybridized carbons (Fsp3) is 0.308. The van der Waals surface area contributed by atoms with E-state index in [2.05, 4.69) is 29.4 Å². The number of thiazole rings is 1. The van der Waals surface area contributed by atoms with Crippen LogP contribution in [0.1, 0.15) is 24.5 Å². The van der Waals surface area contributed by atoms with Gasteiger partial charge in [-0.25, -0.2) is 4.98 Å². The van der Waals surface area contributed by atoms with Crippen LogP contribution in [-0.4, -0.2) is 12.1 Å². The first-order valence-corrected chi connectivity index (χ1v) is 6.26. The van der Waals surface area contributed by atoms with E-state index >= 15 is 0 Å². The molecular weight excluding hydrogens is 218 g/mol. The standard InChI is InChI=1S/C13H15NOS/c1-3-12(15-2)13-14-11(9-16-13)10-7-5-4-6-8-10/h4-9,12H,3H2,1-2H3. The third-order valence-electron chi connectivity index (χ3n) is 2.52. The molecule has 1 unspecified atom stereocenters. The predicted octanol–water partition coefficient (Wildman–Crippen LogP) is 3.91. The quantitative estimate of drug-likeness (QED) is 0.798. The van der Waals surface area contributed by atoms with E-state index in [1.807, 2.05) is 18.2 Å². The van der Waals surface area contributed by atoms with Crippen molar-refractivity contribution in [3.05, 3.63) is 40.7 Å². The molecule has 1 aromatic carbocycles. The summed E-state index contributed by atoms with van der Waals surface area (Å²) in [5, 5.41) is 3.15. The van der Waals surface area contributed by atoms with Gasteiger partial charge in [-0.2, -0.15) is 0 Å². The van der Waals surface area contributed by atoms with Gasteiger partial charge in [0.1, 0.15) is 11.1 Å². The van der Waals surface area contributed by atoms with Crippen LogP contribution in [0.5, 0.6) is 0 Å². The molecule has 0 aliphatic carbocycles. The number of benzene rings is 1. The smallest absolute Gasteiger partial charge is 0.122 e. The lowest BCUT2D eigenvalue weighted by molar-refractivity contribution is 0.0998. The maximum atomic E-state index is 5.38. The van der Waals surface area contributed by atoms with Gasteiger partial charge in [0.15, 0.2) is 0 Å². The predicted molar refractivity (Wildman–Crippen MR) is 67.6 cm³/mol. The van der Waals surface area contributed by atoms with Gasteiger partial charge in [0.05, 0.1) is 5.69 Å². The molecule has 1 heterocycles. The van der Waals surface area contributed by atoms with Gasteiger partial charge in [0, 0.05) is 18.1 Å². The lowest BCUT2D eigenvalue weighted by Crippen LogP contribution is -1.98. The molecule has 0 spiro atoms. The average Bonchev–Trinajstić information content (AvgIpc) is 2.81. The zero-order valence-electron chi connectivity index (χ0n) is 9.51. The molecular formula is C13H15NOS. The fourth-order valence-electron chi connectivity index (χ4n) is 1.62. The highest BCUT2D eigenvalue weighted by atomic mass is 32.1. The van der Waals surface area contributed by atoms with E-state index in [1.165, 1.54) is 0 Å². The molecule has 0 aliphatic heterocycles. The summed E-state index contributed by atoms with van der Waals surface area (Å²) in [4.78, 5) is 4.62. The van der Waals surface area contributed by atoms with Crippen LogP contribution in [0.4, 0.5) is 0 Å². The molecule has 2 rings (SSSR count). The van der Waals surface area contributed by atoms with Crippen molar-refractivity contribution in [1.82, 2.24) is 4.98 Å². The Balaban J connectivity index is 2.26. The summed E-state index contributed by atoms with van der Waals surface area (Å²) in [6, 6.07) is 10.2. The molecule has 1 atom stereocenters. The van der Waals surface area contributed by atoms with E-state index in [-0.39, 0.29) is 6.10 Å². The van der Waals surface area contributed by atoms with Crippen molar-refractivity contribution in [2.24, 2.45) is 0 Å². The Kier molecular flexibility index (Phi) is 3.70. The molecule has 0 fully saturated rings. The van der Waals surface area contributed by atoms with E-state index in [0.29, 0.717) is 0 Å². The molecule has 2 nitrogen and oxygen atoms in total. The van der Waals surface area contributed by atoms with Crippen LogP contribution in [0.3, 0.4) is 0 Å². The van der Waals surface area contributed by atoms with Crippen LogP contribution < -0.4 is 0 Å². The van der Waals surface area contributed by atoms with Crippen LogP contribution in [0.2, 0.25) is 0 Å². The van der Waals surface area contributed by atoms with Gasteiger partial charge in [-0.15, -0.1) is 11.3 Å². The van der Waals surface area contributed by atoms with Gasteiger partial charge in [-0.1, -0.05) is 37.3 Å². The minimum atomic E-state index is 0.127. The summed E-state index contributed by atoms with van der Waals surface area (Å²) in [5.74, 6) is 0. The number of methoxy groups -OCH3 is 1. The second kappa shape index (κ2) is 5.23. The van der Waals surface area contributed by atoms with E-state index in [4.69, 9.17) is 4.74 Å². The average molecular weight is 233 g/mol. The van der Waals surface area contributed by atoms with Crippen molar-refractivity contribution in [3.63, 3.8) is 0 Å². The summed E-state index contributed by atoms with van der Waals surface area (Å²) < 4.78 is 5.38. The highest BCUT2D eigenvalue weighted by molar-refractivity contribution is 7.10. The fourth-order valence-corrected chi connectivity index (χ4v) is 2.61. The van der Waals surface area contributed by atoms with Crippen LogP contribution >= 0.6 is 11.3 Å². The van der Waals surface area contributed by atoms with Gasteiger partial charge in [0.25, 0.3) is 0 Å². The summed E-state index contributed by atoms with van der Waals surface area (Å²) in [7, 11) is 1.73. The van der Waals surface area contributed by atoms with Crippen molar-refractivity contribution in [3.8, 4) is 11.3 Å². The largest absolute Gasteiger partial charge is 0.374 e. The molecule has 0 bridgehead atoms. The highest BCUT2D eigenvalue weighted by Gasteiger charge is 2.12. The number of hydrogen-bond donors (Lipinski definition) is 0. The molecule has 0 radical (unpaired) electrons. The monoisotopic (exact) mass is 233 g/mol. The molecule has 0 amide bonds. The van der Waals surface area contributed by atoms with Crippen molar-refractivity contribution in [2.45, 2.75) is 19.4 Å². The van der Waals surface area contributed by atoms with Crippen molar-refractivity contribution < 1.29 is 4.74 Å². The van der Waals surface area contributed by atoms with Gasteiger partial charge in [-0.3, -0.25) is 0 Å². The first kappa shape index (κ1) is 11.3. The Bertz CT molecular complexity index is 434. The lowest BCUT2D eigenvalue weighted by atomic mass is 10.2. The number of ether oxygens (including phenoxy) is 1. The zero-order chi connectivity index (χ0) is 11.4.